The van der Waals surface area contributed by atoms with Crippen molar-refractivity contribution in [2.24, 2.45) is 0 Å². The van der Waals surface area contributed by atoms with Gasteiger partial charge in [-0.25, -0.2) is 0 Å². The molecule has 0 unspecified atom stereocenters. The maximum atomic E-state index is 12.1. The summed E-state index contributed by atoms with van der Waals surface area (Å²) in [5.41, 5.74) is 8.63. The van der Waals surface area contributed by atoms with Gasteiger partial charge in [-0.1, -0.05) is 17.7 Å². The number of hydrogen-bond acceptors (Lipinski definition) is 3. The molecule has 1 heterocycles. The third-order valence-electron chi connectivity index (χ3n) is 3.21. The second kappa shape index (κ2) is 6.63. The number of carbonyl (C=O) groups is 1. The number of halogens is 1. The van der Waals surface area contributed by atoms with Gasteiger partial charge in [-0.3, -0.25) is 9.48 Å². The van der Waals surface area contributed by atoms with Crippen molar-refractivity contribution in [3.05, 3.63) is 46.2 Å². The minimum Gasteiger partial charge on any atom is -0.398 e. The van der Waals surface area contributed by atoms with E-state index in [-0.39, 0.29) is 5.91 Å². The van der Waals surface area contributed by atoms with Gasteiger partial charge in [0.2, 0.25) is 0 Å². The summed E-state index contributed by atoms with van der Waals surface area (Å²) in [6, 6.07) is 7.07. The maximum absolute atomic E-state index is 12.1. The normalized spacial score (nSPS) is 10.6. The molecule has 21 heavy (non-hydrogen) atoms. The van der Waals surface area contributed by atoms with E-state index in [2.05, 4.69) is 10.4 Å². The molecule has 2 aromatic rings. The third-order valence-corrected chi connectivity index (χ3v) is 3.52. The lowest BCUT2D eigenvalue weighted by Gasteiger charge is -2.09. The lowest BCUT2D eigenvalue weighted by Crippen LogP contribution is -2.26. The van der Waals surface area contributed by atoms with Crippen molar-refractivity contribution in [1.29, 1.82) is 0 Å². The minimum atomic E-state index is -0.244. The molecular weight excluding hydrogens is 288 g/mol. The highest BCUT2D eigenvalue weighted by atomic mass is 35.5. The zero-order valence-electron chi connectivity index (χ0n) is 12.2. The number of carbonyl (C=O) groups excluding carboxylic acids is 1. The number of nitrogen functional groups attached to an aromatic ring is 1. The number of nitrogens with one attached hydrogen (secondary N) is 1. The van der Waals surface area contributed by atoms with Crippen LogP contribution in [0.1, 0.15) is 28.2 Å². The largest absolute Gasteiger partial charge is 0.398 e. The first-order valence-electron chi connectivity index (χ1n) is 6.82. The first kappa shape index (κ1) is 15.4. The average Bonchev–Trinajstić information content (AvgIpc) is 2.73. The van der Waals surface area contributed by atoms with Crippen molar-refractivity contribution >= 4 is 23.2 Å². The second-order valence-corrected chi connectivity index (χ2v) is 5.37. The zero-order valence-corrected chi connectivity index (χ0v) is 12.9. The molecule has 0 bridgehead atoms. The summed E-state index contributed by atoms with van der Waals surface area (Å²) in [6.45, 7) is 5.29. The third kappa shape index (κ3) is 3.76. The lowest BCUT2D eigenvalue weighted by molar-refractivity contribution is 0.0953. The summed E-state index contributed by atoms with van der Waals surface area (Å²) in [7, 11) is 0. The van der Waals surface area contributed by atoms with E-state index in [9.17, 15) is 4.79 Å². The minimum absolute atomic E-state index is 0.244. The summed E-state index contributed by atoms with van der Waals surface area (Å²) >= 11 is 6.00. The van der Waals surface area contributed by atoms with E-state index in [4.69, 9.17) is 17.3 Å². The van der Waals surface area contributed by atoms with E-state index in [1.165, 1.54) is 0 Å². The van der Waals surface area contributed by atoms with Crippen LogP contribution in [0.3, 0.4) is 0 Å². The monoisotopic (exact) mass is 306 g/mol. The lowest BCUT2D eigenvalue weighted by atomic mass is 10.1. The van der Waals surface area contributed by atoms with Crippen molar-refractivity contribution in [2.75, 3.05) is 12.3 Å². The maximum Gasteiger partial charge on any atom is 0.254 e. The second-order valence-electron chi connectivity index (χ2n) is 4.96. The Labute approximate surface area is 129 Å². The van der Waals surface area contributed by atoms with Gasteiger partial charge in [-0.05, 0) is 38.5 Å². The Morgan fingerprint density at radius 2 is 2.19 bits per heavy atom. The van der Waals surface area contributed by atoms with Gasteiger partial charge in [0.1, 0.15) is 0 Å². The fourth-order valence-corrected chi connectivity index (χ4v) is 2.47. The molecule has 0 aliphatic rings. The Hall–Kier alpha value is -2.01. The van der Waals surface area contributed by atoms with Gasteiger partial charge < -0.3 is 11.1 Å². The Kier molecular flexibility index (Phi) is 4.85. The molecule has 6 heteroatoms. The van der Waals surface area contributed by atoms with Crippen molar-refractivity contribution in [2.45, 2.75) is 26.8 Å². The molecule has 0 aliphatic carbocycles. The number of nitrogens with zero attached hydrogens (tertiary/aromatic N) is 2. The molecule has 0 aliphatic heterocycles. The summed E-state index contributed by atoms with van der Waals surface area (Å²) in [6.07, 6.45) is 0.790. The van der Waals surface area contributed by atoms with Gasteiger partial charge in [0.15, 0.2) is 0 Å². The number of amides is 1. The number of aromatic nitrogens is 2. The Balaban J connectivity index is 1.86. The predicted molar refractivity (Wildman–Crippen MR) is 84.5 cm³/mol. The van der Waals surface area contributed by atoms with Crippen LogP contribution in [0.5, 0.6) is 0 Å². The molecular formula is C15H19ClN4O. The molecule has 0 radical (unpaired) electrons. The molecule has 0 fully saturated rings. The van der Waals surface area contributed by atoms with E-state index in [1.54, 1.807) is 18.2 Å². The molecule has 5 nitrogen and oxygen atoms in total. The van der Waals surface area contributed by atoms with Gasteiger partial charge in [0.05, 0.1) is 16.3 Å². The Morgan fingerprint density at radius 1 is 1.43 bits per heavy atom. The van der Waals surface area contributed by atoms with Crippen LogP contribution in [0.15, 0.2) is 24.3 Å². The van der Waals surface area contributed by atoms with Crippen LogP contribution in [-0.4, -0.2) is 22.2 Å². The summed E-state index contributed by atoms with van der Waals surface area (Å²) < 4.78 is 1.94. The van der Waals surface area contributed by atoms with Gasteiger partial charge in [0, 0.05) is 24.5 Å². The number of anilines is 1. The average molecular weight is 307 g/mol. The fraction of sp³-hybridized carbons (Fsp3) is 0.333. The van der Waals surface area contributed by atoms with Crippen LogP contribution in [0, 0.1) is 13.8 Å². The van der Waals surface area contributed by atoms with Crippen LogP contribution in [0.25, 0.3) is 0 Å². The smallest absolute Gasteiger partial charge is 0.254 e. The first-order valence-corrected chi connectivity index (χ1v) is 7.20. The number of hydrogen-bond donors (Lipinski definition) is 2. The highest BCUT2D eigenvalue weighted by molar-refractivity contribution is 6.34. The molecule has 0 saturated heterocycles. The van der Waals surface area contributed by atoms with Crippen molar-refractivity contribution in [3.8, 4) is 0 Å². The van der Waals surface area contributed by atoms with Gasteiger partial charge in [-0.15, -0.1) is 0 Å². The van der Waals surface area contributed by atoms with E-state index in [1.807, 2.05) is 24.6 Å². The van der Waals surface area contributed by atoms with Crippen molar-refractivity contribution < 1.29 is 4.79 Å². The molecule has 0 spiro atoms. The van der Waals surface area contributed by atoms with Crippen LogP contribution in [0.2, 0.25) is 5.02 Å². The van der Waals surface area contributed by atoms with Crippen LogP contribution in [0.4, 0.5) is 5.69 Å². The topological polar surface area (TPSA) is 72.9 Å². The van der Waals surface area contributed by atoms with Crippen LogP contribution in [-0.2, 0) is 6.54 Å². The van der Waals surface area contributed by atoms with Crippen molar-refractivity contribution in [3.63, 3.8) is 0 Å². The molecule has 112 valence electrons. The highest BCUT2D eigenvalue weighted by Gasteiger charge is 2.13. The van der Waals surface area contributed by atoms with Gasteiger partial charge in [-0.2, -0.15) is 5.10 Å². The quantitative estimate of drug-likeness (QED) is 0.658. The molecule has 1 amide bonds. The number of rotatable bonds is 5. The van der Waals surface area contributed by atoms with Gasteiger partial charge >= 0.3 is 0 Å². The van der Waals surface area contributed by atoms with E-state index >= 15 is 0 Å². The van der Waals surface area contributed by atoms with Crippen LogP contribution < -0.4 is 11.1 Å². The van der Waals surface area contributed by atoms with E-state index in [0.29, 0.717) is 22.8 Å². The van der Waals surface area contributed by atoms with Crippen LogP contribution >= 0.6 is 11.6 Å². The molecule has 0 saturated carbocycles. The van der Waals surface area contributed by atoms with E-state index in [0.717, 1.165) is 24.4 Å². The molecule has 1 aromatic heterocycles. The number of nitrogens with two attached hydrogens (primary N) is 1. The fourth-order valence-electron chi connectivity index (χ4n) is 2.20. The number of aryl methyl sites for hydroxylation is 3. The SMILES string of the molecule is Cc1cc(C)n(CCCNC(=O)c2c(N)cccc2Cl)n1. The summed E-state index contributed by atoms with van der Waals surface area (Å²) in [5, 5.41) is 7.58. The van der Waals surface area contributed by atoms with Crippen molar-refractivity contribution in [1.82, 2.24) is 15.1 Å². The molecule has 0 atom stereocenters. The standard InChI is InChI=1S/C15H19ClN4O/c1-10-9-11(2)20(19-10)8-4-7-18-15(21)14-12(16)5-3-6-13(14)17/h3,5-6,9H,4,7-8,17H2,1-2H3,(H,18,21). The molecule has 3 N–H and O–H groups in total. The predicted octanol–water partition coefficient (Wildman–Crippen LogP) is 2.56. The van der Waals surface area contributed by atoms with Gasteiger partial charge in [0.25, 0.3) is 5.91 Å². The highest BCUT2D eigenvalue weighted by Crippen LogP contribution is 2.21. The molecule has 2 rings (SSSR count). The van der Waals surface area contributed by atoms with E-state index < -0.39 is 0 Å². The summed E-state index contributed by atoms with van der Waals surface area (Å²) in [4.78, 5) is 12.1. The number of benzene rings is 1. The Bertz CT molecular complexity index is 631. The summed E-state index contributed by atoms with van der Waals surface area (Å²) in [5.74, 6) is -0.244. The zero-order chi connectivity index (χ0) is 15.4. The first-order chi connectivity index (χ1) is 9.99. The Morgan fingerprint density at radius 3 is 2.81 bits per heavy atom. The molecule has 1 aromatic carbocycles.